The second-order valence-corrected chi connectivity index (χ2v) is 8.97. The second-order valence-electron chi connectivity index (χ2n) is 6.81. The van der Waals surface area contributed by atoms with Crippen molar-refractivity contribution < 1.29 is 13.2 Å². The van der Waals surface area contributed by atoms with Gasteiger partial charge in [0.1, 0.15) is 11.6 Å². The first-order valence-corrected chi connectivity index (χ1v) is 10.7. The van der Waals surface area contributed by atoms with Crippen molar-refractivity contribution in [2.75, 3.05) is 31.8 Å². The zero-order valence-corrected chi connectivity index (χ0v) is 17.9. The summed E-state index contributed by atoms with van der Waals surface area (Å²) in [7, 11) is 1.04. The van der Waals surface area contributed by atoms with Crippen LogP contribution in [0.25, 0.3) is 10.9 Å². The molecular formula is C20H21N7O3S. The van der Waals surface area contributed by atoms with E-state index in [0.29, 0.717) is 23.3 Å². The van der Waals surface area contributed by atoms with E-state index in [1.54, 1.807) is 31.5 Å². The van der Waals surface area contributed by atoms with Crippen LogP contribution >= 0.6 is 0 Å². The van der Waals surface area contributed by atoms with Gasteiger partial charge in [-0.3, -0.25) is 5.10 Å². The maximum Gasteiger partial charge on any atom is 0.242 e. The molecule has 2 aromatic carbocycles. The van der Waals surface area contributed by atoms with Crippen LogP contribution in [-0.2, 0) is 10.0 Å². The number of methoxy groups -OCH3 is 1. The Morgan fingerprint density at radius 2 is 1.90 bits per heavy atom. The van der Waals surface area contributed by atoms with Gasteiger partial charge in [0.15, 0.2) is 5.82 Å². The van der Waals surface area contributed by atoms with Gasteiger partial charge in [0, 0.05) is 31.4 Å². The molecule has 2 aromatic heterocycles. The van der Waals surface area contributed by atoms with E-state index in [2.05, 4.69) is 30.8 Å². The summed E-state index contributed by atoms with van der Waals surface area (Å²) in [6.07, 6.45) is 1.59. The third-order valence-electron chi connectivity index (χ3n) is 4.54. The van der Waals surface area contributed by atoms with Crippen molar-refractivity contribution in [1.29, 1.82) is 0 Å². The van der Waals surface area contributed by atoms with E-state index in [-0.39, 0.29) is 4.90 Å². The number of anilines is 4. The van der Waals surface area contributed by atoms with Gasteiger partial charge in [0.2, 0.25) is 16.0 Å². The molecule has 160 valence electrons. The molecule has 4 rings (SSSR count). The number of H-pyrrole nitrogens is 1. The molecule has 0 saturated carbocycles. The molecule has 0 atom stereocenters. The van der Waals surface area contributed by atoms with E-state index in [1.165, 1.54) is 26.2 Å². The van der Waals surface area contributed by atoms with Crippen molar-refractivity contribution in [3.05, 3.63) is 54.7 Å². The van der Waals surface area contributed by atoms with Crippen molar-refractivity contribution in [1.82, 2.24) is 24.5 Å². The minimum absolute atomic E-state index is 0.175. The highest BCUT2D eigenvalue weighted by Gasteiger charge is 2.17. The zero-order valence-electron chi connectivity index (χ0n) is 17.1. The Balaban J connectivity index is 1.57. The van der Waals surface area contributed by atoms with Crippen LogP contribution in [0.1, 0.15) is 0 Å². The van der Waals surface area contributed by atoms with Gasteiger partial charge in [-0.05, 0) is 42.5 Å². The van der Waals surface area contributed by atoms with Crippen molar-refractivity contribution in [3.8, 4) is 5.75 Å². The molecule has 2 heterocycles. The maximum atomic E-state index is 12.4. The Kier molecular flexibility index (Phi) is 5.44. The molecule has 11 heteroatoms. The summed E-state index contributed by atoms with van der Waals surface area (Å²) in [5, 5.41) is 14.3. The normalized spacial score (nSPS) is 11.6. The summed E-state index contributed by atoms with van der Waals surface area (Å²) >= 11 is 0. The van der Waals surface area contributed by atoms with Crippen LogP contribution in [0.3, 0.4) is 0 Å². The SMILES string of the molecule is COc1ccc2[nH]nc(Nc3ccnc(Nc4cccc(S(=O)(=O)N(C)C)c4)n3)c2c1. The first kappa shape index (κ1) is 20.6. The van der Waals surface area contributed by atoms with Gasteiger partial charge in [-0.2, -0.15) is 10.1 Å². The highest BCUT2D eigenvalue weighted by atomic mass is 32.2. The molecule has 4 aromatic rings. The second kappa shape index (κ2) is 8.20. The Morgan fingerprint density at radius 3 is 2.68 bits per heavy atom. The average Bonchev–Trinajstić information content (AvgIpc) is 3.16. The van der Waals surface area contributed by atoms with Gasteiger partial charge in [-0.25, -0.2) is 17.7 Å². The molecule has 0 unspecified atom stereocenters. The smallest absolute Gasteiger partial charge is 0.242 e. The number of benzene rings is 2. The molecule has 31 heavy (non-hydrogen) atoms. The first-order valence-electron chi connectivity index (χ1n) is 9.28. The highest BCUT2D eigenvalue weighted by Crippen LogP contribution is 2.27. The summed E-state index contributed by atoms with van der Waals surface area (Å²) in [5.41, 5.74) is 1.41. The summed E-state index contributed by atoms with van der Waals surface area (Å²) in [6.45, 7) is 0. The number of aromatic amines is 1. The predicted molar refractivity (Wildman–Crippen MR) is 119 cm³/mol. The van der Waals surface area contributed by atoms with Crippen LogP contribution in [0, 0.1) is 0 Å². The number of sulfonamides is 1. The van der Waals surface area contributed by atoms with Crippen LogP contribution in [0.2, 0.25) is 0 Å². The molecule has 10 nitrogen and oxygen atoms in total. The number of fused-ring (bicyclic) bond motifs is 1. The molecule has 0 saturated heterocycles. The quantitative estimate of drug-likeness (QED) is 0.401. The van der Waals surface area contributed by atoms with Gasteiger partial charge in [-0.1, -0.05) is 6.07 Å². The third-order valence-corrected chi connectivity index (χ3v) is 6.35. The van der Waals surface area contributed by atoms with Crippen LogP contribution in [0.15, 0.2) is 59.6 Å². The van der Waals surface area contributed by atoms with Crippen LogP contribution in [0.5, 0.6) is 5.75 Å². The van der Waals surface area contributed by atoms with Crippen LogP contribution in [0.4, 0.5) is 23.3 Å². The van der Waals surface area contributed by atoms with Crippen LogP contribution in [-0.4, -0.2) is 54.1 Å². The van der Waals surface area contributed by atoms with E-state index in [9.17, 15) is 8.42 Å². The van der Waals surface area contributed by atoms with Gasteiger partial charge in [0.05, 0.1) is 17.5 Å². The van der Waals surface area contributed by atoms with Crippen LogP contribution < -0.4 is 15.4 Å². The molecule has 0 bridgehead atoms. The number of nitrogens with zero attached hydrogens (tertiary/aromatic N) is 4. The van der Waals surface area contributed by atoms with E-state index in [4.69, 9.17) is 4.74 Å². The molecule has 3 N–H and O–H groups in total. The van der Waals surface area contributed by atoms with Gasteiger partial charge < -0.3 is 15.4 Å². The number of hydrogen-bond donors (Lipinski definition) is 3. The van der Waals surface area contributed by atoms with Crippen molar-refractivity contribution in [3.63, 3.8) is 0 Å². The number of aromatic nitrogens is 4. The zero-order chi connectivity index (χ0) is 22.0. The Labute approximate surface area is 179 Å². The van der Waals surface area contributed by atoms with E-state index >= 15 is 0 Å². The van der Waals surface area contributed by atoms with Gasteiger partial charge in [0.25, 0.3) is 0 Å². The van der Waals surface area contributed by atoms with Gasteiger partial charge in [-0.15, -0.1) is 0 Å². The number of rotatable bonds is 7. The molecule has 0 radical (unpaired) electrons. The molecule has 0 fully saturated rings. The molecule has 0 spiro atoms. The van der Waals surface area contributed by atoms with Crippen molar-refractivity contribution >= 4 is 44.2 Å². The summed E-state index contributed by atoms with van der Waals surface area (Å²) in [4.78, 5) is 8.83. The topological polar surface area (TPSA) is 125 Å². The molecule has 0 aliphatic rings. The number of hydrogen-bond acceptors (Lipinski definition) is 8. The average molecular weight is 440 g/mol. The third kappa shape index (κ3) is 4.27. The van der Waals surface area contributed by atoms with E-state index < -0.39 is 10.0 Å². The highest BCUT2D eigenvalue weighted by molar-refractivity contribution is 7.89. The lowest BCUT2D eigenvalue weighted by atomic mass is 10.2. The Morgan fingerprint density at radius 1 is 1.06 bits per heavy atom. The van der Waals surface area contributed by atoms with E-state index in [0.717, 1.165) is 21.0 Å². The fourth-order valence-electron chi connectivity index (χ4n) is 2.90. The molecular weight excluding hydrogens is 418 g/mol. The first-order chi connectivity index (χ1) is 14.9. The fraction of sp³-hybridized carbons (Fsp3) is 0.150. The minimum Gasteiger partial charge on any atom is -0.497 e. The maximum absolute atomic E-state index is 12.4. The standard InChI is InChI=1S/C20H21N7O3S/c1-27(2)31(28,29)15-6-4-5-13(11-15)22-20-21-10-9-18(24-20)23-19-16-12-14(30-3)7-8-17(16)25-26-19/h4-12H,1-3H3,(H3,21,22,23,24,25,26). The molecule has 0 amide bonds. The van der Waals surface area contributed by atoms with Crippen molar-refractivity contribution in [2.24, 2.45) is 0 Å². The Hall–Kier alpha value is -3.70. The number of nitrogens with one attached hydrogen (secondary N) is 3. The summed E-state index contributed by atoms with van der Waals surface area (Å²) < 4.78 is 31.2. The summed E-state index contributed by atoms with van der Waals surface area (Å²) in [5.74, 6) is 2.14. The number of ether oxygens (including phenoxy) is 1. The van der Waals surface area contributed by atoms with Crippen molar-refractivity contribution in [2.45, 2.75) is 4.90 Å². The monoisotopic (exact) mass is 439 g/mol. The van der Waals surface area contributed by atoms with Gasteiger partial charge >= 0.3 is 0 Å². The fourth-order valence-corrected chi connectivity index (χ4v) is 3.85. The Bertz CT molecular complexity index is 1340. The largest absolute Gasteiger partial charge is 0.497 e. The minimum atomic E-state index is -3.54. The summed E-state index contributed by atoms with van der Waals surface area (Å²) in [6, 6.07) is 13.8. The molecule has 0 aliphatic heterocycles. The lowest BCUT2D eigenvalue weighted by Gasteiger charge is -2.13. The molecule has 0 aliphatic carbocycles. The predicted octanol–water partition coefficient (Wildman–Crippen LogP) is 3.10. The van der Waals surface area contributed by atoms with E-state index in [1.807, 2.05) is 18.2 Å². The lowest BCUT2D eigenvalue weighted by molar-refractivity contribution is 0.415. The lowest BCUT2D eigenvalue weighted by Crippen LogP contribution is -2.22.